The van der Waals surface area contributed by atoms with Gasteiger partial charge in [-0.15, -0.1) is 0 Å². The predicted octanol–water partition coefficient (Wildman–Crippen LogP) is 2.60. The van der Waals surface area contributed by atoms with Crippen LogP contribution in [-0.2, 0) is 9.59 Å². The molecule has 3 rings (SSSR count). The van der Waals surface area contributed by atoms with Crippen LogP contribution in [0.15, 0.2) is 18.2 Å². The van der Waals surface area contributed by atoms with Crippen molar-refractivity contribution in [3.8, 4) is 0 Å². The van der Waals surface area contributed by atoms with Gasteiger partial charge >= 0.3 is 0 Å². The molecular weight excluding hydrogens is 326 g/mol. The Morgan fingerprint density at radius 2 is 1.85 bits per heavy atom. The topological polar surface area (TPSA) is 43.9 Å². The summed E-state index contributed by atoms with van der Waals surface area (Å²) in [7, 11) is 2.15. The van der Waals surface area contributed by atoms with Gasteiger partial charge in [-0.3, -0.25) is 9.59 Å². The highest BCUT2D eigenvalue weighted by Gasteiger charge is 2.28. The van der Waals surface area contributed by atoms with E-state index < -0.39 is 0 Å². The maximum atomic E-state index is 12.6. The Balaban J connectivity index is 1.53. The maximum Gasteiger partial charge on any atom is 0.246 e. The van der Waals surface area contributed by atoms with Crippen LogP contribution < -0.4 is 4.90 Å². The second kappa shape index (κ2) is 8.21. The number of carbonyl (C=O) groups excluding carboxylic acids is 2. The molecule has 0 N–H and O–H groups in total. The number of likely N-dealkylation sites (tertiary alicyclic amines) is 1. The second-order valence-electron chi connectivity index (χ2n) is 8.02. The van der Waals surface area contributed by atoms with E-state index in [2.05, 4.69) is 18.0 Å². The summed E-state index contributed by atoms with van der Waals surface area (Å²) in [6, 6.07) is 6.19. The fourth-order valence-electron chi connectivity index (χ4n) is 4.26. The molecule has 5 nitrogen and oxygen atoms in total. The van der Waals surface area contributed by atoms with Crippen LogP contribution in [0.4, 0.5) is 5.69 Å². The van der Waals surface area contributed by atoms with E-state index in [9.17, 15) is 9.59 Å². The molecule has 0 aromatic heterocycles. The summed E-state index contributed by atoms with van der Waals surface area (Å²) in [4.78, 5) is 31.1. The summed E-state index contributed by atoms with van der Waals surface area (Å²) >= 11 is 0. The lowest BCUT2D eigenvalue weighted by Gasteiger charge is -2.35. The zero-order valence-corrected chi connectivity index (χ0v) is 16.3. The van der Waals surface area contributed by atoms with Crippen LogP contribution in [0.25, 0.3) is 0 Å². The average Bonchev–Trinajstić information content (AvgIpc) is 2.58. The zero-order valence-electron chi connectivity index (χ0n) is 16.3. The highest BCUT2D eigenvalue weighted by molar-refractivity contribution is 5.98. The molecule has 0 radical (unpaired) electrons. The summed E-state index contributed by atoms with van der Waals surface area (Å²) < 4.78 is 0. The molecule has 0 spiro atoms. The van der Waals surface area contributed by atoms with Crippen LogP contribution in [0.1, 0.15) is 36.8 Å². The highest BCUT2D eigenvalue weighted by atomic mass is 16.2. The van der Waals surface area contributed by atoms with Gasteiger partial charge in [0, 0.05) is 31.7 Å². The molecule has 142 valence electrons. The molecule has 5 heteroatoms. The van der Waals surface area contributed by atoms with Gasteiger partial charge in [0.25, 0.3) is 0 Å². The van der Waals surface area contributed by atoms with Gasteiger partial charge < -0.3 is 14.7 Å². The minimum Gasteiger partial charge on any atom is -0.332 e. The molecule has 0 unspecified atom stereocenters. The monoisotopic (exact) mass is 357 g/mol. The Morgan fingerprint density at radius 3 is 2.50 bits per heavy atom. The van der Waals surface area contributed by atoms with Crippen molar-refractivity contribution < 1.29 is 9.59 Å². The largest absolute Gasteiger partial charge is 0.332 e. The minimum atomic E-state index is 0.0204. The summed E-state index contributed by atoms with van der Waals surface area (Å²) in [5.74, 6) is 0.767. The number of nitrogens with zero attached hydrogens (tertiary/aromatic N) is 3. The summed E-state index contributed by atoms with van der Waals surface area (Å²) in [5.41, 5.74) is 3.26. The Morgan fingerprint density at radius 1 is 1.12 bits per heavy atom. The number of amides is 2. The van der Waals surface area contributed by atoms with Crippen LogP contribution in [-0.4, -0.2) is 61.4 Å². The molecule has 2 fully saturated rings. The molecule has 2 aliphatic rings. The average molecular weight is 357 g/mol. The van der Waals surface area contributed by atoms with Crippen molar-refractivity contribution in [2.24, 2.45) is 5.92 Å². The molecule has 0 aliphatic carbocycles. The number of hydrogen-bond donors (Lipinski definition) is 0. The first-order valence-electron chi connectivity index (χ1n) is 9.77. The van der Waals surface area contributed by atoms with Gasteiger partial charge in [0.1, 0.15) is 6.54 Å². The van der Waals surface area contributed by atoms with Crippen molar-refractivity contribution in [3.05, 3.63) is 29.3 Å². The molecule has 1 aromatic rings. The van der Waals surface area contributed by atoms with Gasteiger partial charge in [-0.2, -0.15) is 0 Å². The van der Waals surface area contributed by atoms with E-state index in [4.69, 9.17) is 0 Å². The summed E-state index contributed by atoms with van der Waals surface area (Å²) in [5, 5.41) is 0. The van der Waals surface area contributed by atoms with E-state index in [1.807, 2.05) is 30.9 Å². The lowest BCUT2D eigenvalue weighted by atomic mass is 9.93. The van der Waals surface area contributed by atoms with E-state index >= 15 is 0 Å². The molecule has 2 saturated heterocycles. The second-order valence-corrected chi connectivity index (χ2v) is 8.02. The van der Waals surface area contributed by atoms with E-state index in [0.717, 1.165) is 29.8 Å². The summed E-state index contributed by atoms with van der Waals surface area (Å²) in [6.07, 6.45) is 3.95. The standard InChI is InChI=1S/C21H31N3O2/c1-16-11-17(2)13-19(12-16)24-10-9-23(15-21(24)26)20(25)7-6-18-5-4-8-22(3)14-18/h11-13,18H,4-10,14-15H2,1-3H3/t18-/m0/s1. The third kappa shape index (κ3) is 4.64. The zero-order chi connectivity index (χ0) is 18.7. The first kappa shape index (κ1) is 18.9. The number of anilines is 1. The number of piperazine rings is 1. The molecule has 0 bridgehead atoms. The van der Waals surface area contributed by atoms with Gasteiger partial charge in [0.15, 0.2) is 0 Å². The lowest BCUT2D eigenvalue weighted by Crippen LogP contribution is -2.52. The Bertz CT molecular complexity index is 653. The van der Waals surface area contributed by atoms with E-state index in [1.165, 1.54) is 19.4 Å². The van der Waals surface area contributed by atoms with E-state index in [1.54, 1.807) is 4.90 Å². The van der Waals surface area contributed by atoms with Crippen molar-refractivity contribution in [2.45, 2.75) is 39.5 Å². The van der Waals surface area contributed by atoms with Crippen LogP contribution >= 0.6 is 0 Å². The first-order valence-corrected chi connectivity index (χ1v) is 9.77. The molecule has 2 aliphatic heterocycles. The van der Waals surface area contributed by atoms with Crippen molar-refractivity contribution in [1.82, 2.24) is 9.80 Å². The van der Waals surface area contributed by atoms with Crippen molar-refractivity contribution in [1.29, 1.82) is 0 Å². The number of piperidine rings is 1. The number of aryl methyl sites for hydroxylation is 2. The van der Waals surface area contributed by atoms with E-state index in [0.29, 0.717) is 25.4 Å². The van der Waals surface area contributed by atoms with Gasteiger partial charge in [0.05, 0.1) is 0 Å². The molecular formula is C21H31N3O2. The van der Waals surface area contributed by atoms with Crippen LogP contribution in [0, 0.1) is 19.8 Å². The normalized spacial score (nSPS) is 22.0. The van der Waals surface area contributed by atoms with Crippen LogP contribution in [0.2, 0.25) is 0 Å². The van der Waals surface area contributed by atoms with Crippen molar-refractivity contribution in [3.63, 3.8) is 0 Å². The first-order chi connectivity index (χ1) is 12.4. The van der Waals surface area contributed by atoms with E-state index in [-0.39, 0.29) is 18.4 Å². The van der Waals surface area contributed by atoms with Crippen molar-refractivity contribution in [2.75, 3.05) is 44.7 Å². The van der Waals surface area contributed by atoms with Crippen molar-refractivity contribution >= 4 is 17.5 Å². The third-order valence-corrected chi connectivity index (χ3v) is 5.58. The number of carbonyl (C=O) groups is 2. The maximum absolute atomic E-state index is 12.6. The van der Waals surface area contributed by atoms with Gasteiger partial charge in [-0.05, 0) is 75.9 Å². The molecule has 1 aromatic carbocycles. The van der Waals surface area contributed by atoms with Gasteiger partial charge in [0.2, 0.25) is 11.8 Å². The third-order valence-electron chi connectivity index (χ3n) is 5.58. The Labute approximate surface area is 156 Å². The summed E-state index contributed by atoms with van der Waals surface area (Å²) in [6.45, 7) is 7.76. The SMILES string of the molecule is Cc1cc(C)cc(N2CCN(C(=O)CC[C@@H]3CCCN(C)C3)CC2=O)c1. The van der Waals surface area contributed by atoms with Gasteiger partial charge in [-0.25, -0.2) is 0 Å². The number of hydrogen-bond acceptors (Lipinski definition) is 3. The lowest BCUT2D eigenvalue weighted by molar-refractivity contribution is -0.137. The predicted molar refractivity (Wildman–Crippen MR) is 104 cm³/mol. The Kier molecular flexibility index (Phi) is 5.97. The highest BCUT2D eigenvalue weighted by Crippen LogP contribution is 2.23. The molecule has 2 heterocycles. The van der Waals surface area contributed by atoms with Crippen LogP contribution in [0.5, 0.6) is 0 Å². The molecule has 1 atom stereocenters. The molecule has 0 saturated carbocycles. The number of benzene rings is 1. The smallest absolute Gasteiger partial charge is 0.246 e. The van der Waals surface area contributed by atoms with Crippen LogP contribution in [0.3, 0.4) is 0 Å². The Hall–Kier alpha value is -1.88. The molecule has 2 amide bonds. The number of rotatable bonds is 4. The fraction of sp³-hybridized carbons (Fsp3) is 0.619. The fourth-order valence-corrected chi connectivity index (χ4v) is 4.26. The van der Waals surface area contributed by atoms with Gasteiger partial charge in [-0.1, -0.05) is 6.07 Å². The quantitative estimate of drug-likeness (QED) is 0.832. The molecule has 26 heavy (non-hydrogen) atoms. The minimum absolute atomic E-state index is 0.0204.